The van der Waals surface area contributed by atoms with Crippen LogP contribution < -0.4 is 10.6 Å². The van der Waals surface area contributed by atoms with Gasteiger partial charge < -0.3 is 10.6 Å². The normalized spacial score (nSPS) is 21.8. The first-order valence-electron chi connectivity index (χ1n) is 11.0. The number of likely N-dealkylation sites (tertiary alicyclic amines) is 1. The molecule has 0 amide bonds. The Hall–Kier alpha value is -2.70. The fourth-order valence-electron chi connectivity index (χ4n) is 4.60. The smallest absolute Gasteiger partial charge is 0.231 e. The summed E-state index contributed by atoms with van der Waals surface area (Å²) in [5.74, 6) is 2.14. The van der Waals surface area contributed by atoms with Gasteiger partial charge in [0.15, 0.2) is 5.82 Å². The average molecular weight is 439 g/mol. The summed E-state index contributed by atoms with van der Waals surface area (Å²) in [6.45, 7) is 7.31. The van der Waals surface area contributed by atoms with E-state index < -0.39 is 0 Å². The molecular weight excluding hydrogens is 408 g/mol. The molecule has 3 aromatic heterocycles. The molecule has 164 valence electrons. The van der Waals surface area contributed by atoms with Gasteiger partial charge in [0.1, 0.15) is 10.6 Å². The van der Waals surface area contributed by atoms with E-state index in [1.54, 1.807) is 11.3 Å². The number of aromatic amines is 1. The van der Waals surface area contributed by atoms with Gasteiger partial charge in [-0.05, 0) is 44.1 Å². The maximum atomic E-state index is 9.06. The highest BCUT2D eigenvalue weighted by Crippen LogP contribution is 2.32. The Kier molecular flexibility index (Phi) is 6.68. The van der Waals surface area contributed by atoms with E-state index >= 15 is 0 Å². The van der Waals surface area contributed by atoms with Crippen LogP contribution in [0, 0.1) is 18.3 Å². The lowest BCUT2D eigenvalue weighted by molar-refractivity contribution is 0.0735. The lowest BCUT2D eigenvalue weighted by Crippen LogP contribution is -2.52. The van der Waals surface area contributed by atoms with Gasteiger partial charge in [-0.1, -0.05) is 13.8 Å². The molecule has 3 N–H and O–H groups in total. The van der Waals surface area contributed by atoms with Crippen molar-refractivity contribution in [3.63, 3.8) is 0 Å². The molecule has 0 aromatic carbocycles. The predicted octanol–water partition coefficient (Wildman–Crippen LogP) is 4.81. The van der Waals surface area contributed by atoms with Crippen molar-refractivity contribution in [2.45, 2.75) is 71.0 Å². The topological polar surface area (TPSA) is 106 Å². The number of hydrogen-bond acceptors (Lipinski definition) is 8. The summed E-state index contributed by atoms with van der Waals surface area (Å²) in [6, 6.07) is 7.63. The fraction of sp³-hybridized carbons (Fsp3) is 0.545. The number of nitrogens with one attached hydrogen (secondary N) is 3. The van der Waals surface area contributed by atoms with Gasteiger partial charge in [0.25, 0.3) is 0 Å². The Morgan fingerprint density at radius 3 is 2.68 bits per heavy atom. The highest BCUT2D eigenvalue weighted by Gasteiger charge is 2.34. The van der Waals surface area contributed by atoms with Crippen molar-refractivity contribution in [2.75, 3.05) is 17.2 Å². The number of nitrogens with zero attached hydrogens (tertiary/aromatic N) is 5. The minimum Gasteiger partial charge on any atom is -0.367 e. The third-order valence-electron chi connectivity index (χ3n) is 6.09. The Balaban J connectivity index is 1.56. The maximum Gasteiger partial charge on any atom is 0.231 e. The summed E-state index contributed by atoms with van der Waals surface area (Å²) in [4.78, 5) is 13.0. The zero-order chi connectivity index (χ0) is 21.8. The molecular formula is C22H30N8S. The molecule has 4 heterocycles. The minimum atomic E-state index is 0.340. The van der Waals surface area contributed by atoms with Crippen molar-refractivity contribution in [1.29, 1.82) is 5.26 Å². The maximum absolute atomic E-state index is 9.06. The van der Waals surface area contributed by atoms with Gasteiger partial charge in [-0.15, -0.1) is 11.3 Å². The van der Waals surface area contributed by atoms with Crippen LogP contribution in [0.3, 0.4) is 0 Å². The van der Waals surface area contributed by atoms with E-state index in [9.17, 15) is 0 Å². The molecule has 2 atom stereocenters. The number of aryl methyl sites for hydroxylation is 1. The van der Waals surface area contributed by atoms with E-state index in [2.05, 4.69) is 62.1 Å². The van der Waals surface area contributed by atoms with Crippen molar-refractivity contribution < 1.29 is 0 Å². The van der Waals surface area contributed by atoms with Gasteiger partial charge in [0.2, 0.25) is 5.95 Å². The first-order valence-corrected chi connectivity index (χ1v) is 11.9. The van der Waals surface area contributed by atoms with Gasteiger partial charge in [-0.2, -0.15) is 15.3 Å². The van der Waals surface area contributed by atoms with Gasteiger partial charge in [-0.25, -0.2) is 4.98 Å². The summed E-state index contributed by atoms with van der Waals surface area (Å²) in [5, 5.41) is 26.3. The fourth-order valence-corrected chi connectivity index (χ4v) is 5.36. The van der Waals surface area contributed by atoms with Gasteiger partial charge >= 0.3 is 0 Å². The Morgan fingerprint density at radius 2 is 2.03 bits per heavy atom. The number of anilines is 3. The predicted molar refractivity (Wildman–Crippen MR) is 126 cm³/mol. The third-order valence-corrected chi connectivity index (χ3v) is 6.89. The van der Waals surface area contributed by atoms with Gasteiger partial charge in [0, 0.05) is 42.9 Å². The Bertz CT molecular complexity index is 1040. The van der Waals surface area contributed by atoms with Crippen LogP contribution in [-0.4, -0.2) is 49.7 Å². The molecule has 3 aromatic rings. The summed E-state index contributed by atoms with van der Waals surface area (Å²) in [6.07, 6.45) is 4.87. The number of piperidine rings is 1. The molecule has 0 aliphatic carbocycles. The quantitative estimate of drug-likeness (QED) is 0.463. The second kappa shape index (κ2) is 9.62. The van der Waals surface area contributed by atoms with Crippen LogP contribution in [-0.2, 0) is 0 Å². The second-order valence-corrected chi connectivity index (χ2v) is 9.07. The highest BCUT2D eigenvalue weighted by atomic mass is 32.1. The number of thiophene rings is 1. The van der Waals surface area contributed by atoms with E-state index in [1.807, 2.05) is 13.0 Å². The van der Waals surface area contributed by atoms with Gasteiger partial charge in [0.05, 0.1) is 11.5 Å². The average Bonchev–Trinajstić information content (AvgIpc) is 3.41. The molecule has 1 aliphatic heterocycles. The molecule has 8 nitrogen and oxygen atoms in total. The first-order chi connectivity index (χ1) is 15.1. The van der Waals surface area contributed by atoms with Crippen molar-refractivity contribution >= 4 is 39.1 Å². The summed E-state index contributed by atoms with van der Waals surface area (Å²) in [5.41, 5.74) is 0.984. The summed E-state index contributed by atoms with van der Waals surface area (Å²) in [7, 11) is 0. The molecule has 0 radical (unpaired) electrons. The number of H-pyrrole nitrogens is 1. The largest absolute Gasteiger partial charge is 0.367 e. The molecule has 9 heteroatoms. The number of aromatic nitrogens is 4. The number of nitriles is 1. The highest BCUT2D eigenvalue weighted by molar-refractivity contribution is 7.16. The lowest BCUT2D eigenvalue weighted by atomic mass is 9.88. The molecule has 0 bridgehead atoms. The number of rotatable bonds is 8. The van der Waals surface area contributed by atoms with Crippen LogP contribution in [0.15, 0.2) is 17.5 Å². The van der Waals surface area contributed by atoms with Crippen LogP contribution in [0.4, 0.5) is 17.6 Å². The van der Waals surface area contributed by atoms with Crippen LogP contribution in [0.5, 0.6) is 0 Å². The number of fused-ring (bicyclic) bond motifs is 1. The SMILES string of the molecule is CCC1CC(Nc2nc(Nc3cc(C)[nH]n3)nc3sccc23)CC(CC)N1CCC#N. The van der Waals surface area contributed by atoms with E-state index in [0.29, 0.717) is 36.3 Å². The van der Waals surface area contributed by atoms with E-state index in [1.165, 1.54) is 0 Å². The molecule has 31 heavy (non-hydrogen) atoms. The monoisotopic (exact) mass is 438 g/mol. The molecule has 1 saturated heterocycles. The molecule has 0 saturated carbocycles. The van der Waals surface area contributed by atoms with Crippen LogP contribution in [0.2, 0.25) is 0 Å². The number of hydrogen-bond donors (Lipinski definition) is 3. The van der Waals surface area contributed by atoms with Crippen LogP contribution >= 0.6 is 11.3 Å². The zero-order valence-corrected chi connectivity index (χ0v) is 19.2. The molecule has 1 aliphatic rings. The van der Waals surface area contributed by atoms with Crippen molar-refractivity contribution in [3.8, 4) is 6.07 Å². The second-order valence-electron chi connectivity index (χ2n) is 8.18. The van der Waals surface area contributed by atoms with E-state index in [-0.39, 0.29) is 0 Å². The van der Waals surface area contributed by atoms with E-state index in [0.717, 1.165) is 54.0 Å². The molecule has 0 spiro atoms. The van der Waals surface area contributed by atoms with Crippen molar-refractivity contribution in [3.05, 3.63) is 23.2 Å². The van der Waals surface area contributed by atoms with E-state index in [4.69, 9.17) is 10.2 Å². The van der Waals surface area contributed by atoms with Crippen LogP contribution in [0.1, 0.15) is 51.6 Å². The zero-order valence-electron chi connectivity index (χ0n) is 18.4. The summed E-state index contributed by atoms with van der Waals surface area (Å²) < 4.78 is 0. The molecule has 2 unspecified atom stereocenters. The Labute approximate surface area is 187 Å². The van der Waals surface area contributed by atoms with Crippen LogP contribution in [0.25, 0.3) is 10.2 Å². The van der Waals surface area contributed by atoms with Gasteiger partial charge in [-0.3, -0.25) is 10.00 Å². The Morgan fingerprint density at radius 1 is 1.26 bits per heavy atom. The standard InChI is InChI=1S/C22H30N8S/c1-4-16-12-15(13-17(5-2)30(16)9-6-8-23)24-20-18-7-10-31-21(18)27-22(26-20)25-19-11-14(3)28-29-19/h7,10-11,15-17H,4-6,9,12-13H2,1-3H3,(H3,24,25,26,27,28,29). The minimum absolute atomic E-state index is 0.340. The van der Waals surface area contributed by atoms with Crippen molar-refractivity contribution in [2.24, 2.45) is 0 Å². The first kappa shape index (κ1) is 21.5. The summed E-state index contributed by atoms with van der Waals surface area (Å²) >= 11 is 1.61. The molecule has 1 fully saturated rings. The lowest BCUT2D eigenvalue weighted by Gasteiger charge is -2.45. The van der Waals surface area contributed by atoms with Crippen molar-refractivity contribution in [1.82, 2.24) is 25.1 Å². The third kappa shape index (κ3) is 4.81. The molecule has 4 rings (SSSR count).